The Labute approximate surface area is 133 Å². The van der Waals surface area contributed by atoms with Gasteiger partial charge in [-0.3, -0.25) is 0 Å². The average Bonchev–Trinajstić information content (AvgIpc) is 2.41. The Morgan fingerprint density at radius 1 is 1.19 bits per heavy atom. The number of halogens is 5. The summed E-state index contributed by atoms with van der Waals surface area (Å²) in [5.74, 6) is -0.333. The van der Waals surface area contributed by atoms with Crippen LogP contribution in [0, 0.1) is 12.7 Å². The summed E-state index contributed by atoms with van der Waals surface area (Å²) < 4.78 is 42.3. The fourth-order valence-corrected chi connectivity index (χ4v) is 2.96. The van der Waals surface area contributed by atoms with Gasteiger partial charge in [-0.15, -0.1) is 0 Å². The van der Waals surface area contributed by atoms with Gasteiger partial charge < -0.3 is 4.74 Å². The zero-order chi connectivity index (χ0) is 15.6. The molecule has 21 heavy (non-hydrogen) atoms. The minimum atomic E-state index is -2.88. The first-order chi connectivity index (χ1) is 9.88. The van der Waals surface area contributed by atoms with Crippen molar-refractivity contribution in [2.45, 2.75) is 18.4 Å². The summed E-state index contributed by atoms with van der Waals surface area (Å²) >= 11 is 9.50. The number of hydrogen-bond acceptors (Lipinski definition) is 1. The van der Waals surface area contributed by atoms with Crippen LogP contribution < -0.4 is 4.74 Å². The van der Waals surface area contributed by atoms with E-state index in [1.165, 1.54) is 18.2 Å². The van der Waals surface area contributed by atoms with Crippen molar-refractivity contribution in [3.63, 3.8) is 0 Å². The third-order valence-electron chi connectivity index (χ3n) is 2.93. The van der Waals surface area contributed by atoms with E-state index in [4.69, 9.17) is 11.6 Å². The monoisotopic (exact) mass is 378 g/mol. The van der Waals surface area contributed by atoms with Crippen molar-refractivity contribution in [3.05, 3.63) is 63.9 Å². The zero-order valence-corrected chi connectivity index (χ0v) is 13.3. The number of rotatable bonds is 4. The Bertz CT molecular complexity index is 649. The largest absolute Gasteiger partial charge is 0.435 e. The van der Waals surface area contributed by atoms with Crippen LogP contribution in [0.15, 0.2) is 36.4 Å². The maximum absolute atomic E-state index is 13.4. The predicted molar refractivity (Wildman–Crippen MR) is 80.0 cm³/mol. The molecule has 1 unspecified atom stereocenters. The molecule has 0 saturated heterocycles. The van der Waals surface area contributed by atoms with Gasteiger partial charge >= 0.3 is 6.61 Å². The molecule has 0 spiro atoms. The highest BCUT2D eigenvalue weighted by Gasteiger charge is 2.17. The summed E-state index contributed by atoms with van der Waals surface area (Å²) in [5, 5.41) is 0.264. The van der Waals surface area contributed by atoms with E-state index in [1.54, 1.807) is 25.1 Å². The summed E-state index contributed by atoms with van der Waals surface area (Å²) in [4.78, 5) is -0.356. The van der Waals surface area contributed by atoms with Crippen LogP contribution in [0.25, 0.3) is 0 Å². The third kappa shape index (κ3) is 3.92. The minimum absolute atomic E-state index is 0.0573. The van der Waals surface area contributed by atoms with Crippen LogP contribution in [0.1, 0.15) is 21.5 Å². The quantitative estimate of drug-likeness (QED) is 0.603. The van der Waals surface area contributed by atoms with Gasteiger partial charge in [0.2, 0.25) is 0 Å². The summed E-state index contributed by atoms with van der Waals surface area (Å²) in [7, 11) is 0. The first kappa shape index (κ1) is 16.2. The summed E-state index contributed by atoms with van der Waals surface area (Å²) in [5.41, 5.74) is 1.80. The van der Waals surface area contributed by atoms with Gasteiger partial charge in [-0.25, -0.2) is 4.39 Å². The van der Waals surface area contributed by atoms with Crippen LogP contribution in [-0.4, -0.2) is 6.61 Å². The van der Waals surface area contributed by atoms with Crippen LogP contribution in [0.5, 0.6) is 5.75 Å². The molecule has 1 atom stereocenters. The molecule has 0 aliphatic carbocycles. The van der Waals surface area contributed by atoms with Gasteiger partial charge in [0, 0.05) is 5.02 Å². The molecule has 0 bridgehead atoms. The van der Waals surface area contributed by atoms with Crippen LogP contribution in [0.4, 0.5) is 13.2 Å². The topological polar surface area (TPSA) is 9.23 Å². The van der Waals surface area contributed by atoms with Gasteiger partial charge in [-0.2, -0.15) is 8.78 Å². The molecule has 0 amide bonds. The highest BCUT2D eigenvalue weighted by molar-refractivity contribution is 9.09. The Hall–Kier alpha value is -1.20. The van der Waals surface area contributed by atoms with E-state index in [-0.39, 0.29) is 15.6 Å². The molecule has 0 radical (unpaired) electrons. The molecule has 1 nitrogen and oxygen atoms in total. The Morgan fingerprint density at radius 3 is 2.57 bits per heavy atom. The standard InChI is InChI=1S/C15H11BrClF3O/c1-8-5-11(12(17)7-13(8)18)14(16)9-3-2-4-10(6-9)21-15(19)20/h2-7,14-15H,1H3. The summed E-state index contributed by atoms with van der Waals surface area (Å²) in [6.45, 7) is -1.25. The minimum Gasteiger partial charge on any atom is -0.435 e. The fraction of sp³-hybridized carbons (Fsp3) is 0.200. The van der Waals surface area contributed by atoms with E-state index < -0.39 is 12.4 Å². The van der Waals surface area contributed by atoms with Gasteiger partial charge in [0.1, 0.15) is 11.6 Å². The lowest BCUT2D eigenvalue weighted by molar-refractivity contribution is -0.0498. The maximum atomic E-state index is 13.4. The van der Waals surface area contributed by atoms with Crippen LogP contribution in [0.3, 0.4) is 0 Å². The molecule has 0 aliphatic heterocycles. The van der Waals surface area contributed by atoms with Crippen molar-refractivity contribution < 1.29 is 17.9 Å². The first-order valence-corrected chi connectivity index (χ1v) is 7.32. The highest BCUT2D eigenvalue weighted by atomic mass is 79.9. The number of hydrogen-bond donors (Lipinski definition) is 0. The van der Waals surface area contributed by atoms with Gasteiger partial charge in [0.15, 0.2) is 0 Å². The van der Waals surface area contributed by atoms with E-state index in [9.17, 15) is 13.2 Å². The van der Waals surface area contributed by atoms with Crippen molar-refractivity contribution in [2.24, 2.45) is 0 Å². The second kappa shape index (κ2) is 6.71. The second-order valence-corrected chi connectivity index (χ2v) is 5.76. The molecule has 0 aliphatic rings. The Kier molecular flexibility index (Phi) is 5.17. The zero-order valence-electron chi connectivity index (χ0n) is 10.9. The van der Waals surface area contributed by atoms with Crippen LogP contribution in [0.2, 0.25) is 5.02 Å². The smallest absolute Gasteiger partial charge is 0.387 e. The second-order valence-electron chi connectivity index (χ2n) is 4.44. The maximum Gasteiger partial charge on any atom is 0.387 e. The van der Waals surface area contributed by atoms with Gasteiger partial charge in [0.05, 0.1) is 4.83 Å². The predicted octanol–water partition coefficient (Wildman–Crippen LogP) is 5.87. The molecule has 0 heterocycles. The van der Waals surface area contributed by atoms with Crippen molar-refractivity contribution >= 4 is 27.5 Å². The molecular formula is C15H11BrClF3O. The lowest BCUT2D eigenvalue weighted by atomic mass is 10.0. The molecule has 112 valence electrons. The van der Waals surface area contributed by atoms with E-state index >= 15 is 0 Å². The van der Waals surface area contributed by atoms with Crippen molar-refractivity contribution in [3.8, 4) is 5.75 Å². The molecular weight excluding hydrogens is 369 g/mol. The van der Waals surface area contributed by atoms with Crippen LogP contribution >= 0.6 is 27.5 Å². The molecule has 2 aromatic rings. The molecule has 6 heteroatoms. The van der Waals surface area contributed by atoms with Gasteiger partial charge in [0.25, 0.3) is 0 Å². The number of ether oxygens (including phenoxy) is 1. The van der Waals surface area contributed by atoms with Gasteiger partial charge in [-0.05, 0) is 41.8 Å². The molecule has 0 N–H and O–H groups in total. The molecule has 0 fully saturated rings. The van der Waals surface area contributed by atoms with Crippen molar-refractivity contribution in [2.75, 3.05) is 0 Å². The van der Waals surface area contributed by atoms with Gasteiger partial charge in [-0.1, -0.05) is 45.7 Å². The molecule has 0 saturated carbocycles. The Balaban J connectivity index is 2.36. The lowest BCUT2D eigenvalue weighted by Gasteiger charge is -2.15. The van der Waals surface area contributed by atoms with E-state index in [2.05, 4.69) is 20.7 Å². The van der Waals surface area contributed by atoms with Crippen LogP contribution in [-0.2, 0) is 0 Å². The van der Waals surface area contributed by atoms with Crippen molar-refractivity contribution in [1.82, 2.24) is 0 Å². The number of aryl methyl sites for hydroxylation is 1. The summed E-state index contributed by atoms with van der Waals surface area (Å²) in [6.07, 6.45) is 0. The first-order valence-electron chi connectivity index (χ1n) is 6.03. The van der Waals surface area contributed by atoms with E-state index in [0.717, 1.165) is 0 Å². The molecule has 0 aromatic heterocycles. The number of alkyl halides is 3. The molecule has 2 aromatic carbocycles. The normalized spacial score (nSPS) is 12.5. The fourth-order valence-electron chi connectivity index (χ4n) is 1.90. The number of benzene rings is 2. The average molecular weight is 380 g/mol. The molecule has 2 rings (SSSR count). The summed E-state index contributed by atoms with van der Waals surface area (Å²) in [6, 6.07) is 9.13. The van der Waals surface area contributed by atoms with Crippen molar-refractivity contribution in [1.29, 1.82) is 0 Å². The highest BCUT2D eigenvalue weighted by Crippen LogP contribution is 2.37. The van der Waals surface area contributed by atoms with E-state index in [1.807, 2.05) is 0 Å². The SMILES string of the molecule is Cc1cc(C(Br)c2cccc(OC(F)F)c2)c(Cl)cc1F. The Morgan fingerprint density at radius 2 is 1.90 bits per heavy atom. The lowest BCUT2D eigenvalue weighted by Crippen LogP contribution is -2.03. The third-order valence-corrected chi connectivity index (χ3v) is 4.28. The van der Waals surface area contributed by atoms with E-state index in [0.29, 0.717) is 16.7 Å².